The molecule has 0 spiro atoms. The highest BCUT2D eigenvalue weighted by molar-refractivity contribution is 5.48. The lowest BCUT2D eigenvalue weighted by atomic mass is 10.1. The monoisotopic (exact) mass is 213 g/mol. The summed E-state index contributed by atoms with van der Waals surface area (Å²) < 4.78 is 0. The summed E-state index contributed by atoms with van der Waals surface area (Å²) >= 11 is 0. The molecule has 2 heteroatoms. The molecule has 0 rings (SSSR count). The van der Waals surface area contributed by atoms with E-state index >= 15 is 0 Å². The smallest absolute Gasteiger partial charge is 0.119 e. The van der Waals surface area contributed by atoms with Crippen molar-refractivity contribution in [2.45, 2.75) is 71.3 Å². The van der Waals surface area contributed by atoms with Crippen molar-refractivity contribution in [2.75, 3.05) is 6.54 Å². The molecule has 15 heavy (non-hydrogen) atoms. The number of hydrogen-bond acceptors (Lipinski definition) is 2. The number of unbranched alkanes of at least 4 members (excludes halogenated alkanes) is 7. The first kappa shape index (κ1) is 14.6. The Hall–Kier alpha value is -0.370. The second-order valence-corrected chi connectivity index (χ2v) is 4.54. The first-order chi connectivity index (χ1) is 7.27. The van der Waals surface area contributed by atoms with Crippen molar-refractivity contribution in [3.05, 3.63) is 0 Å². The van der Waals surface area contributed by atoms with Crippen molar-refractivity contribution >= 4 is 6.29 Å². The second kappa shape index (κ2) is 11.7. The van der Waals surface area contributed by atoms with E-state index in [0.29, 0.717) is 6.04 Å². The van der Waals surface area contributed by atoms with Gasteiger partial charge < -0.3 is 10.1 Å². The van der Waals surface area contributed by atoms with Crippen LogP contribution in [-0.4, -0.2) is 18.9 Å². The minimum Gasteiger partial charge on any atom is -0.315 e. The molecule has 0 heterocycles. The zero-order valence-corrected chi connectivity index (χ0v) is 10.4. The molecule has 0 amide bonds. The molecule has 0 fully saturated rings. The number of carbonyl (C=O) groups excluding carboxylic acids is 1. The minimum atomic E-state index is 0.619. The Bertz CT molecular complexity index is 134. The lowest BCUT2D eigenvalue weighted by molar-refractivity contribution is -0.107. The number of aldehydes is 1. The van der Waals surface area contributed by atoms with Crippen LogP contribution in [0.5, 0.6) is 0 Å². The van der Waals surface area contributed by atoms with Crippen molar-refractivity contribution < 1.29 is 4.79 Å². The van der Waals surface area contributed by atoms with Crippen molar-refractivity contribution in [1.29, 1.82) is 0 Å². The topological polar surface area (TPSA) is 29.1 Å². The molecule has 0 aliphatic carbocycles. The predicted octanol–water partition coefficient (Wildman–Crippen LogP) is 3.30. The lowest BCUT2D eigenvalue weighted by Crippen LogP contribution is -2.23. The van der Waals surface area contributed by atoms with Crippen molar-refractivity contribution in [3.8, 4) is 0 Å². The van der Waals surface area contributed by atoms with Crippen LogP contribution in [-0.2, 0) is 4.79 Å². The molecule has 0 saturated carbocycles. The Balaban J connectivity index is 2.89. The van der Waals surface area contributed by atoms with Gasteiger partial charge in [-0.25, -0.2) is 0 Å². The summed E-state index contributed by atoms with van der Waals surface area (Å²) in [5.41, 5.74) is 0. The minimum absolute atomic E-state index is 0.619. The number of nitrogens with one attached hydrogen (secondary N) is 1. The largest absolute Gasteiger partial charge is 0.315 e. The summed E-state index contributed by atoms with van der Waals surface area (Å²) in [7, 11) is 0. The van der Waals surface area contributed by atoms with Crippen LogP contribution in [0.4, 0.5) is 0 Å². The van der Waals surface area contributed by atoms with E-state index in [9.17, 15) is 4.79 Å². The van der Waals surface area contributed by atoms with Gasteiger partial charge in [0.05, 0.1) is 0 Å². The van der Waals surface area contributed by atoms with Crippen LogP contribution in [0.15, 0.2) is 0 Å². The fourth-order valence-corrected chi connectivity index (χ4v) is 1.63. The van der Waals surface area contributed by atoms with E-state index in [2.05, 4.69) is 19.2 Å². The van der Waals surface area contributed by atoms with E-state index in [1.54, 1.807) is 0 Å². The molecule has 90 valence electrons. The van der Waals surface area contributed by atoms with Gasteiger partial charge in [0.15, 0.2) is 0 Å². The number of rotatable bonds is 11. The molecule has 0 atom stereocenters. The molecule has 2 nitrogen and oxygen atoms in total. The number of carbonyl (C=O) groups is 1. The van der Waals surface area contributed by atoms with Crippen LogP contribution in [0.25, 0.3) is 0 Å². The maximum atomic E-state index is 10.1. The van der Waals surface area contributed by atoms with Crippen LogP contribution >= 0.6 is 0 Å². The molecule has 0 aromatic rings. The molecular formula is C13H27NO. The van der Waals surface area contributed by atoms with Gasteiger partial charge in [-0.15, -0.1) is 0 Å². The molecule has 1 N–H and O–H groups in total. The summed E-state index contributed by atoms with van der Waals surface area (Å²) in [5.74, 6) is 0. The van der Waals surface area contributed by atoms with Crippen molar-refractivity contribution in [3.63, 3.8) is 0 Å². The zero-order chi connectivity index (χ0) is 11.4. The molecule has 0 saturated heterocycles. The van der Waals surface area contributed by atoms with Gasteiger partial charge in [0, 0.05) is 12.5 Å². The fraction of sp³-hybridized carbons (Fsp3) is 0.923. The summed E-state index contributed by atoms with van der Waals surface area (Å²) in [5, 5.41) is 3.43. The maximum absolute atomic E-state index is 10.1. The summed E-state index contributed by atoms with van der Waals surface area (Å²) in [6.45, 7) is 5.53. The first-order valence-corrected chi connectivity index (χ1v) is 6.44. The second-order valence-electron chi connectivity index (χ2n) is 4.54. The van der Waals surface area contributed by atoms with Crippen molar-refractivity contribution in [2.24, 2.45) is 0 Å². The highest BCUT2D eigenvalue weighted by atomic mass is 16.1. The van der Waals surface area contributed by atoms with Gasteiger partial charge in [0.1, 0.15) is 6.29 Å². The highest BCUT2D eigenvalue weighted by Gasteiger charge is 1.93. The molecule has 0 bridgehead atoms. The molecule has 0 radical (unpaired) electrons. The first-order valence-electron chi connectivity index (χ1n) is 6.44. The molecule has 0 aromatic heterocycles. The Labute approximate surface area is 94.8 Å². The van der Waals surface area contributed by atoms with E-state index in [1.165, 1.54) is 38.5 Å². The van der Waals surface area contributed by atoms with Gasteiger partial charge in [-0.1, -0.05) is 46.0 Å². The standard InChI is InChI=1S/C13H27NO/c1-13(2)14-11-9-7-5-3-4-6-8-10-12-15/h12-14H,3-11H2,1-2H3. The van der Waals surface area contributed by atoms with Gasteiger partial charge in [-0.3, -0.25) is 0 Å². The maximum Gasteiger partial charge on any atom is 0.119 e. The molecular weight excluding hydrogens is 186 g/mol. The molecule has 0 aliphatic heterocycles. The summed E-state index contributed by atoms with van der Waals surface area (Å²) in [6.07, 6.45) is 10.7. The third kappa shape index (κ3) is 13.6. The van der Waals surface area contributed by atoms with Crippen LogP contribution < -0.4 is 5.32 Å². The van der Waals surface area contributed by atoms with Crippen LogP contribution in [0.2, 0.25) is 0 Å². The van der Waals surface area contributed by atoms with Gasteiger partial charge >= 0.3 is 0 Å². The molecule has 0 aromatic carbocycles. The van der Waals surface area contributed by atoms with Crippen LogP contribution in [0.1, 0.15) is 65.2 Å². The quantitative estimate of drug-likeness (QED) is 0.421. The molecule has 0 aliphatic rings. The summed E-state index contributed by atoms with van der Waals surface area (Å²) in [6, 6.07) is 0.619. The fourth-order valence-electron chi connectivity index (χ4n) is 1.63. The summed E-state index contributed by atoms with van der Waals surface area (Å²) in [4.78, 5) is 10.1. The van der Waals surface area contributed by atoms with E-state index in [1.807, 2.05) is 0 Å². The Morgan fingerprint density at radius 3 is 2.00 bits per heavy atom. The SMILES string of the molecule is CC(C)NCCCCCCCCCC=O. The average molecular weight is 213 g/mol. The van der Waals surface area contributed by atoms with Gasteiger partial charge in [-0.2, -0.15) is 0 Å². The third-order valence-corrected chi connectivity index (χ3v) is 2.55. The average Bonchev–Trinajstić information content (AvgIpc) is 2.20. The third-order valence-electron chi connectivity index (χ3n) is 2.55. The Morgan fingerprint density at radius 1 is 0.933 bits per heavy atom. The number of hydrogen-bond donors (Lipinski definition) is 1. The van der Waals surface area contributed by atoms with Crippen LogP contribution in [0, 0.1) is 0 Å². The zero-order valence-electron chi connectivity index (χ0n) is 10.4. The van der Waals surface area contributed by atoms with Gasteiger partial charge in [0.25, 0.3) is 0 Å². The highest BCUT2D eigenvalue weighted by Crippen LogP contribution is 2.07. The lowest BCUT2D eigenvalue weighted by Gasteiger charge is -2.07. The van der Waals surface area contributed by atoms with E-state index in [0.717, 1.165) is 25.7 Å². The van der Waals surface area contributed by atoms with E-state index < -0.39 is 0 Å². The Kier molecular flexibility index (Phi) is 11.4. The van der Waals surface area contributed by atoms with E-state index in [4.69, 9.17) is 0 Å². The normalized spacial score (nSPS) is 10.9. The Morgan fingerprint density at radius 2 is 1.47 bits per heavy atom. The van der Waals surface area contributed by atoms with Crippen LogP contribution in [0.3, 0.4) is 0 Å². The van der Waals surface area contributed by atoms with Gasteiger partial charge in [-0.05, 0) is 19.4 Å². The van der Waals surface area contributed by atoms with E-state index in [-0.39, 0.29) is 0 Å². The van der Waals surface area contributed by atoms with Gasteiger partial charge in [0.2, 0.25) is 0 Å². The predicted molar refractivity (Wildman–Crippen MR) is 66.1 cm³/mol. The van der Waals surface area contributed by atoms with Crippen molar-refractivity contribution in [1.82, 2.24) is 5.32 Å². The molecule has 0 unspecified atom stereocenters.